The first-order chi connectivity index (χ1) is 10.6. The van der Waals surface area contributed by atoms with Crippen molar-refractivity contribution in [1.29, 1.82) is 0 Å². The molecule has 23 heavy (non-hydrogen) atoms. The van der Waals surface area contributed by atoms with Crippen molar-refractivity contribution in [1.82, 2.24) is 9.55 Å². The molecule has 4 atom stereocenters. The number of aliphatic hydroxyl groups excluding tert-OH is 1. The monoisotopic (exact) mass is 366 g/mol. The number of aliphatic hydroxyl groups is 1. The van der Waals surface area contributed by atoms with Crippen LogP contribution in [0, 0.1) is 12.3 Å². The number of aromatic nitrogens is 2. The summed E-state index contributed by atoms with van der Waals surface area (Å²) in [4.78, 5) is 42.7. The van der Waals surface area contributed by atoms with E-state index >= 15 is 0 Å². The van der Waals surface area contributed by atoms with Crippen LogP contribution in [0.3, 0.4) is 0 Å². The number of nitrogens with zero attached hydrogens (tertiary/aromatic N) is 1. The Labute approximate surface area is 133 Å². The zero-order chi connectivity index (χ0) is 17.4. The third-order valence-corrected chi connectivity index (χ3v) is 3.98. The van der Waals surface area contributed by atoms with Crippen molar-refractivity contribution in [2.24, 2.45) is 0 Å². The second-order valence-corrected chi connectivity index (χ2v) is 7.35. The Kier molecular flexibility index (Phi) is 4.89. The molecule has 0 amide bonds. The number of H-pyrrole nitrogens is 1. The number of hydrogen-bond acceptors (Lipinski definition) is 6. The number of ether oxygens (including phenoxy) is 1. The maximum Gasteiger partial charge on any atom is 0.330 e. The standard InChI is InChI=1S/C11H12FN2O7PS/c1-2-11(12)8(16)6(5-20-22(18,19)23)21-9(11)14-4-3-7(15)13-10(14)17/h1,3-4,6,8-9,16H,5H2,(H,13,15,17)(H2,18,19,23)/t6-,8-,9-,11-/m1/s1. The first kappa shape index (κ1) is 18.0. The maximum atomic E-state index is 14.9. The van der Waals surface area contributed by atoms with Gasteiger partial charge in [-0.15, -0.1) is 6.42 Å². The average molecular weight is 366 g/mol. The van der Waals surface area contributed by atoms with Crippen LogP contribution in [-0.2, 0) is 21.1 Å². The molecule has 1 aliphatic rings. The number of nitrogens with one attached hydrogen (secondary N) is 1. The van der Waals surface area contributed by atoms with Crippen molar-refractivity contribution < 1.29 is 28.5 Å². The fourth-order valence-corrected chi connectivity index (χ4v) is 2.62. The van der Waals surface area contributed by atoms with Crippen molar-refractivity contribution in [2.45, 2.75) is 24.1 Å². The van der Waals surface area contributed by atoms with Crippen LogP contribution >= 0.6 is 6.72 Å². The first-order valence-corrected chi connectivity index (χ1v) is 8.73. The Hall–Kier alpha value is -1.38. The molecule has 2 heterocycles. The topological polar surface area (TPSA) is 134 Å². The number of alkyl halides is 1. The molecule has 1 saturated heterocycles. The Morgan fingerprint density at radius 3 is 2.78 bits per heavy atom. The highest BCUT2D eigenvalue weighted by Crippen LogP contribution is 2.43. The molecule has 12 heteroatoms. The van der Waals surface area contributed by atoms with Crippen molar-refractivity contribution in [3.8, 4) is 12.3 Å². The van der Waals surface area contributed by atoms with E-state index in [1.165, 1.54) is 0 Å². The van der Waals surface area contributed by atoms with Crippen molar-refractivity contribution >= 4 is 18.5 Å². The lowest BCUT2D eigenvalue weighted by Crippen LogP contribution is -2.45. The van der Waals surface area contributed by atoms with Gasteiger partial charge in [-0.1, -0.05) is 5.92 Å². The van der Waals surface area contributed by atoms with Gasteiger partial charge < -0.3 is 24.2 Å². The quantitative estimate of drug-likeness (QED) is 0.368. The van der Waals surface area contributed by atoms with Crippen LogP contribution in [0.4, 0.5) is 4.39 Å². The van der Waals surface area contributed by atoms with Crippen LogP contribution in [0.15, 0.2) is 21.9 Å². The summed E-state index contributed by atoms with van der Waals surface area (Å²) < 4.78 is 25.2. The molecule has 0 aromatic carbocycles. The zero-order valence-electron chi connectivity index (χ0n) is 11.3. The molecule has 9 nitrogen and oxygen atoms in total. The molecule has 1 aromatic heterocycles. The summed E-state index contributed by atoms with van der Waals surface area (Å²) in [5.74, 6) is 1.72. The van der Waals surface area contributed by atoms with Gasteiger partial charge >= 0.3 is 12.4 Å². The summed E-state index contributed by atoms with van der Waals surface area (Å²) in [7, 11) is 0. The summed E-state index contributed by atoms with van der Waals surface area (Å²) in [5, 5.41) is 9.99. The number of hydrogen-bond donors (Lipinski definition) is 4. The van der Waals surface area contributed by atoms with E-state index in [0.717, 1.165) is 12.3 Å². The van der Waals surface area contributed by atoms with Crippen LogP contribution in [0.2, 0.25) is 0 Å². The van der Waals surface area contributed by atoms with E-state index in [1.807, 2.05) is 4.98 Å². The van der Waals surface area contributed by atoms with Crippen LogP contribution in [-0.4, -0.2) is 48.9 Å². The van der Waals surface area contributed by atoms with E-state index in [4.69, 9.17) is 20.9 Å². The lowest BCUT2D eigenvalue weighted by molar-refractivity contribution is -0.0519. The van der Waals surface area contributed by atoms with E-state index in [2.05, 4.69) is 16.3 Å². The molecular weight excluding hydrogens is 354 g/mol. The minimum absolute atomic E-state index is 0.659. The molecular formula is C11H12FN2O7PS. The molecule has 1 aliphatic heterocycles. The third kappa shape index (κ3) is 3.59. The van der Waals surface area contributed by atoms with Gasteiger partial charge in [0.05, 0.1) is 6.61 Å². The lowest BCUT2D eigenvalue weighted by atomic mass is 9.97. The number of rotatable bonds is 4. The fourth-order valence-electron chi connectivity index (χ4n) is 2.09. The predicted octanol–water partition coefficient (Wildman–Crippen LogP) is -1.64. The maximum absolute atomic E-state index is 14.9. The normalized spacial score (nSPS) is 31.0. The van der Waals surface area contributed by atoms with Gasteiger partial charge in [-0.05, 0) is 11.8 Å². The van der Waals surface area contributed by atoms with Gasteiger partial charge in [0, 0.05) is 12.3 Å². The van der Waals surface area contributed by atoms with Crippen LogP contribution in [0.1, 0.15) is 6.23 Å². The van der Waals surface area contributed by atoms with E-state index in [-0.39, 0.29) is 0 Å². The summed E-state index contributed by atoms with van der Waals surface area (Å²) in [5.41, 5.74) is -4.53. The molecule has 0 radical (unpaired) electrons. The second-order valence-electron chi connectivity index (χ2n) is 4.69. The number of halogens is 1. The highest BCUT2D eigenvalue weighted by atomic mass is 32.5. The molecule has 2 rings (SSSR count). The highest BCUT2D eigenvalue weighted by Gasteiger charge is 2.58. The summed E-state index contributed by atoms with van der Waals surface area (Å²) in [6.07, 6.45) is 0.957. The Balaban J connectivity index is 2.36. The SMILES string of the molecule is C#C[C@@]1(F)[C@H](O)[C@@H](COP(O)(O)=S)O[C@H]1n1ccc(=O)[nH]c1=O. The van der Waals surface area contributed by atoms with Gasteiger partial charge in [0.1, 0.15) is 12.2 Å². The van der Waals surface area contributed by atoms with Gasteiger partial charge in [0.2, 0.25) is 5.67 Å². The smallest absolute Gasteiger partial charge is 0.330 e. The molecule has 0 saturated carbocycles. The molecule has 0 unspecified atom stereocenters. The fraction of sp³-hybridized carbons (Fsp3) is 0.455. The van der Waals surface area contributed by atoms with E-state index < -0.39 is 48.7 Å². The number of aromatic amines is 1. The molecule has 0 spiro atoms. The van der Waals surface area contributed by atoms with Crippen molar-refractivity contribution in [3.05, 3.63) is 33.1 Å². The minimum Gasteiger partial charge on any atom is -0.386 e. The molecule has 4 N–H and O–H groups in total. The number of terminal acetylenes is 1. The molecule has 0 bridgehead atoms. The molecule has 1 fully saturated rings. The van der Waals surface area contributed by atoms with Gasteiger partial charge in [-0.2, -0.15) is 0 Å². The van der Waals surface area contributed by atoms with Crippen LogP contribution in [0.5, 0.6) is 0 Å². The lowest BCUT2D eigenvalue weighted by Gasteiger charge is -2.23. The van der Waals surface area contributed by atoms with E-state index in [0.29, 0.717) is 4.57 Å². The molecule has 0 aliphatic carbocycles. The summed E-state index contributed by atoms with van der Waals surface area (Å²) in [6.45, 7) is -4.71. The van der Waals surface area contributed by atoms with E-state index in [9.17, 15) is 19.1 Å². The third-order valence-electron chi connectivity index (χ3n) is 3.18. The minimum atomic E-state index is -4.05. The van der Waals surface area contributed by atoms with Gasteiger partial charge in [-0.25, -0.2) is 9.18 Å². The molecule has 1 aromatic rings. The van der Waals surface area contributed by atoms with Gasteiger partial charge in [-0.3, -0.25) is 14.3 Å². The van der Waals surface area contributed by atoms with Crippen LogP contribution < -0.4 is 11.2 Å². The Morgan fingerprint density at radius 2 is 2.26 bits per heavy atom. The Morgan fingerprint density at radius 1 is 1.61 bits per heavy atom. The van der Waals surface area contributed by atoms with Gasteiger partial charge in [0.15, 0.2) is 6.23 Å². The van der Waals surface area contributed by atoms with E-state index in [1.54, 1.807) is 5.92 Å². The van der Waals surface area contributed by atoms with Gasteiger partial charge in [0.25, 0.3) is 5.56 Å². The Bertz CT molecular complexity index is 799. The second kappa shape index (κ2) is 6.26. The average Bonchev–Trinajstić information content (AvgIpc) is 2.70. The zero-order valence-corrected chi connectivity index (χ0v) is 13.0. The van der Waals surface area contributed by atoms with Crippen LogP contribution in [0.25, 0.3) is 0 Å². The predicted molar refractivity (Wildman–Crippen MR) is 78.6 cm³/mol. The highest BCUT2D eigenvalue weighted by molar-refractivity contribution is 8.06. The first-order valence-electron chi connectivity index (χ1n) is 6.10. The van der Waals surface area contributed by atoms with Crippen molar-refractivity contribution in [2.75, 3.05) is 6.61 Å². The summed E-state index contributed by atoms with van der Waals surface area (Å²) >= 11 is 4.24. The summed E-state index contributed by atoms with van der Waals surface area (Å²) in [6, 6.07) is 0.944. The molecule has 126 valence electrons. The van der Waals surface area contributed by atoms with Crippen molar-refractivity contribution in [3.63, 3.8) is 0 Å². The largest absolute Gasteiger partial charge is 0.386 e.